The van der Waals surface area contributed by atoms with Gasteiger partial charge in [0.1, 0.15) is 5.58 Å². The van der Waals surface area contributed by atoms with Gasteiger partial charge < -0.3 is 9.73 Å². The zero-order valence-electron chi connectivity index (χ0n) is 14.7. The molecule has 0 unspecified atom stereocenters. The molecule has 5 aromatic rings. The molecule has 0 atom stereocenters. The van der Waals surface area contributed by atoms with E-state index in [1.165, 1.54) is 11.3 Å². The number of fused-ring (bicyclic) bond motifs is 4. The number of amides is 1. The lowest BCUT2D eigenvalue weighted by atomic mass is 10.0. The third kappa shape index (κ3) is 2.76. The largest absolute Gasteiger partial charge is 0.464 e. The summed E-state index contributed by atoms with van der Waals surface area (Å²) in [5, 5.41) is 6.80. The number of nitrogens with zero attached hydrogens (tertiary/aromatic N) is 1. The first-order valence-corrected chi connectivity index (χ1v) is 9.54. The van der Waals surface area contributed by atoms with E-state index in [0.717, 1.165) is 43.1 Å². The Kier molecular flexibility index (Phi) is 3.69. The zero-order valence-corrected chi connectivity index (χ0v) is 15.5. The second-order valence-corrected chi connectivity index (χ2v) is 7.62. The van der Waals surface area contributed by atoms with Gasteiger partial charge in [-0.2, -0.15) is 0 Å². The highest BCUT2D eigenvalue weighted by atomic mass is 32.1. The lowest BCUT2D eigenvalue weighted by Crippen LogP contribution is -2.13. The topological polar surface area (TPSA) is 55.1 Å². The van der Waals surface area contributed by atoms with Gasteiger partial charge in [0.05, 0.1) is 22.9 Å². The fourth-order valence-electron chi connectivity index (χ4n) is 3.48. The molecule has 1 amide bonds. The maximum Gasteiger partial charge on any atom is 0.230 e. The lowest BCUT2D eigenvalue weighted by molar-refractivity contribution is -0.115. The van der Waals surface area contributed by atoms with Gasteiger partial charge in [0.15, 0.2) is 5.13 Å². The van der Waals surface area contributed by atoms with Crippen LogP contribution in [0.5, 0.6) is 0 Å². The Balaban J connectivity index is 1.47. The molecular formula is C22H16N2O2S. The molecular weight excluding hydrogens is 356 g/mol. The van der Waals surface area contributed by atoms with E-state index in [-0.39, 0.29) is 12.3 Å². The minimum absolute atomic E-state index is 0.0951. The molecule has 4 nitrogen and oxygen atoms in total. The van der Waals surface area contributed by atoms with Crippen molar-refractivity contribution in [2.24, 2.45) is 0 Å². The summed E-state index contributed by atoms with van der Waals surface area (Å²) in [7, 11) is 0. The molecule has 5 rings (SSSR count). The van der Waals surface area contributed by atoms with Crippen LogP contribution in [0.2, 0.25) is 0 Å². The Morgan fingerprint density at radius 1 is 1.11 bits per heavy atom. The van der Waals surface area contributed by atoms with Crippen molar-refractivity contribution in [2.75, 3.05) is 5.32 Å². The van der Waals surface area contributed by atoms with Crippen molar-refractivity contribution in [3.63, 3.8) is 0 Å². The summed E-state index contributed by atoms with van der Waals surface area (Å²) < 4.78 is 6.75. The van der Waals surface area contributed by atoms with Crippen molar-refractivity contribution in [3.05, 3.63) is 72.0 Å². The Morgan fingerprint density at radius 3 is 2.89 bits per heavy atom. The first kappa shape index (κ1) is 16.0. The summed E-state index contributed by atoms with van der Waals surface area (Å²) in [5.74, 6) is -0.0951. The third-order valence-electron chi connectivity index (χ3n) is 4.76. The van der Waals surface area contributed by atoms with E-state index in [9.17, 15) is 4.79 Å². The maximum atomic E-state index is 12.6. The second kappa shape index (κ2) is 6.21. The number of nitrogens with one attached hydrogen (secondary N) is 1. The van der Waals surface area contributed by atoms with E-state index in [1.807, 2.05) is 49.4 Å². The van der Waals surface area contributed by atoms with Crippen molar-refractivity contribution in [1.82, 2.24) is 4.98 Å². The van der Waals surface area contributed by atoms with Crippen LogP contribution in [-0.2, 0) is 11.2 Å². The van der Waals surface area contributed by atoms with Gasteiger partial charge in [-0.3, -0.25) is 4.79 Å². The number of carbonyl (C=O) groups excluding carboxylic acids is 1. The van der Waals surface area contributed by atoms with Crippen molar-refractivity contribution in [3.8, 4) is 0 Å². The molecule has 132 valence electrons. The van der Waals surface area contributed by atoms with Gasteiger partial charge in [-0.15, -0.1) is 0 Å². The van der Waals surface area contributed by atoms with E-state index in [0.29, 0.717) is 5.13 Å². The molecule has 5 heteroatoms. The number of anilines is 1. The average Bonchev–Trinajstić information content (AvgIpc) is 3.26. The van der Waals surface area contributed by atoms with Gasteiger partial charge in [-0.05, 0) is 35.4 Å². The van der Waals surface area contributed by atoms with E-state index in [1.54, 1.807) is 6.26 Å². The Morgan fingerprint density at radius 2 is 2.00 bits per heavy atom. The third-order valence-corrected chi connectivity index (χ3v) is 5.69. The highest BCUT2D eigenvalue weighted by molar-refractivity contribution is 7.22. The number of carbonyl (C=O) groups is 1. The van der Waals surface area contributed by atoms with Gasteiger partial charge in [0.2, 0.25) is 5.91 Å². The lowest BCUT2D eigenvalue weighted by Gasteiger charge is -2.03. The number of thiazole rings is 1. The monoisotopic (exact) mass is 372 g/mol. The number of para-hydroxylation sites is 1. The predicted octanol–water partition coefficient (Wildman–Crippen LogP) is 5.69. The van der Waals surface area contributed by atoms with Crippen LogP contribution in [0.4, 0.5) is 5.13 Å². The van der Waals surface area contributed by atoms with Crippen LogP contribution in [-0.4, -0.2) is 10.9 Å². The summed E-state index contributed by atoms with van der Waals surface area (Å²) in [6.07, 6.45) is 1.93. The summed E-state index contributed by atoms with van der Waals surface area (Å²) >= 11 is 1.49. The summed E-state index contributed by atoms with van der Waals surface area (Å²) in [6.45, 7) is 2.02. The van der Waals surface area contributed by atoms with Crippen LogP contribution in [0.25, 0.3) is 32.0 Å². The minimum atomic E-state index is -0.0951. The molecule has 0 aliphatic rings. The molecule has 1 N–H and O–H groups in total. The smallest absolute Gasteiger partial charge is 0.230 e. The SMILES string of the molecule is Cc1cccc2sc(NC(=O)Cc3coc4ccc5ccccc5c34)nc12. The van der Waals surface area contributed by atoms with Crippen molar-refractivity contribution in [2.45, 2.75) is 13.3 Å². The van der Waals surface area contributed by atoms with Crippen molar-refractivity contribution in [1.29, 1.82) is 0 Å². The van der Waals surface area contributed by atoms with Crippen LogP contribution < -0.4 is 5.32 Å². The molecule has 0 spiro atoms. The Hall–Kier alpha value is -3.18. The van der Waals surface area contributed by atoms with Crippen LogP contribution in [0.1, 0.15) is 11.1 Å². The number of hydrogen-bond donors (Lipinski definition) is 1. The number of furan rings is 1. The molecule has 0 radical (unpaired) electrons. The molecule has 2 heterocycles. The maximum absolute atomic E-state index is 12.6. The van der Waals surface area contributed by atoms with Gasteiger partial charge in [-0.25, -0.2) is 4.98 Å². The molecule has 0 aliphatic carbocycles. The molecule has 3 aromatic carbocycles. The van der Waals surface area contributed by atoms with Crippen molar-refractivity contribution >= 4 is 54.3 Å². The van der Waals surface area contributed by atoms with E-state index >= 15 is 0 Å². The summed E-state index contributed by atoms with van der Waals surface area (Å²) in [6, 6.07) is 18.2. The second-order valence-electron chi connectivity index (χ2n) is 6.59. The molecule has 2 aromatic heterocycles. The molecule has 0 aliphatic heterocycles. The minimum Gasteiger partial charge on any atom is -0.464 e. The molecule has 0 saturated carbocycles. The first-order chi connectivity index (χ1) is 13.2. The number of aryl methyl sites for hydroxylation is 1. The van der Waals surface area contributed by atoms with Crippen LogP contribution in [0.3, 0.4) is 0 Å². The zero-order chi connectivity index (χ0) is 18.4. The fourth-order valence-corrected chi connectivity index (χ4v) is 4.44. The molecule has 0 bridgehead atoms. The van der Waals surface area contributed by atoms with E-state index in [4.69, 9.17) is 4.42 Å². The first-order valence-electron chi connectivity index (χ1n) is 8.73. The van der Waals surface area contributed by atoms with Crippen LogP contribution in [0.15, 0.2) is 65.3 Å². The Labute approximate surface area is 159 Å². The number of hydrogen-bond acceptors (Lipinski definition) is 4. The normalized spacial score (nSPS) is 11.4. The quantitative estimate of drug-likeness (QED) is 0.443. The molecule has 0 saturated heterocycles. The van der Waals surface area contributed by atoms with E-state index in [2.05, 4.69) is 22.4 Å². The van der Waals surface area contributed by atoms with Crippen LogP contribution in [0, 0.1) is 6.92 Å². The van der Waals surface area contributed by atoms with Gasteiger partial charge in [-0.1, -0.05) is 53.8 Å². The number of aromatic nitrogens is 1. The van der Waals surface area contributed by atoms with Crippen LogP contribution >= 0.6 is 11.3 Å². The fraction of sp³-hybridized carbons (Fsp3) is 0.0909. The summed E-state index contributed by atoms with van der Waals surface area (Å²) in [5.41, 5.74) is 3.73. The number of rotatable bonds is 3. The van der Waals surface area contributed by atoms with E-state index < -0.39 is 0 Å². The number of benzene rings is 3. The average molecular weight is 372 g/mol. The standard InChI is InChI=1S/C22H16N2O2S/c1-13-5-4-8-18-21(13)24-22(27-18)23-19(25)11-15-12-26-17-10-9-14-6-2-3-7-16(14)20(15)17/h2-10,12H,11H2,1H3,(H,23,24,25). The molecule has 0 fully saturated rings. The molecule has 27 heavy (non-hydrogen) atoms. The predicted molar refractivity (Wildman–Crippen MR) is 110 cm³/mol. The highest BCUT2D eigenvalue weighted by Gasteiger charge is 2.15. The van der Waals surface area contributed by atoms with Gasteiger partial charge in [0, 0.05) is 10.9 Å². The Bertz CT molecular complexity index is 1320. The van der Waals surface area contributed by atoms with Gasteiger partial charge in [0.25, 0.3) is 0 Å². The highest BCUT2D eigenvalue weighted by Crippen LogP contribution is 2.31. The van der Waals surface area contributed by atoms with Gasteiger partial charge >= 0.3 is 0 Å². The summed E-state index contributed by atoms with van der Waals surface area (Å²) in [4.78, 5) is 17.2. The van der Waals surface area contributed by atoms with Crippen molar-refractivity contribution < 1.29 is 9.21 Å².